The molecule has 0 radical (unpaired) electrons. The van der Waals surface area contributed by atoms with Gasteiger partial charge in [0.15, 0.2) is 17.5 Å². The number of benzene rings is 2. The van der Waals surface area contributed by atoms with Crippen LogP contribution in [0.1, 0.15) is 18.4 Å². The van der Waals surface area contributed by atoms with Crippen LogP contribution in [0.3, 0.4) is 0 Å². The molecular weight excluding hydrogens is 426 g/mol. The Hall–Kier alpha value is -4.39. The average molecular weight is 444 g/mol. The molecule has 8 nitrogen and oxygen atoms in total. The van der Waals surface area contributed by atoms with E-state index in [9.17, 15) is 14.0 Å². The minimum atomic E-state index is -1.08. The quantitative estimate of drug-likeness (QED) is 0.511. The maximum atomic E-state index is 14.4. The summed E-state index contributed by atoms with van der Waals surface area (Å²) in [6.45, 7) is 1.86. The van der Waals surface area contributed by atoms with E-state index in [4.69, 9.17) is 5.73 Å². The van der Waals surface area contributed by atoms with Gasteiger partial charge in [-0.2, -0.15) is 9.94 Å². The van der Waals surface area contributed by atoms with Gasteiger partial charge in [-0.15, -0.1) is 5.10 Å². The highest BCUT2D eigenvalue weighted by atomic mass is 19.2. The van der Waals surface area contributed by atoms with Gasteiger partial charge in [0.1, 0.15) is 17.6 Å². The smallest absolute Gasteiger partial charge is 0.190 e. The third kappa shape index (κ3) is 3.63. The number of pyridine rings is 1. The first-order valence-corrected chi connectivity index (χ1v) is 10.3. The normalized spacial score (nSPS) is 13.3. The lowest BCUT2D eigenvalue weighted by atomic mass is 10.0. The van der Waals surface area contributed by atoms with Crippen LogP contribution in [0.4, 0.5) is 20.3 Å². The number of aromatic nitrogens is 5. The zero-order chi connectivity index (χ0) is 22.9. The molecule has 33 heavy (non-hydrogen) atoms. The molecule has 4 aromatic rings. The van der Waals surface area contributed by atoms with Gasteiger partial charge in [0.2, 0.25) is 0 Å². The Balaban J connectivity index is 1.58. The molecule has 0 aliphatic carbocycles. The number of nitrogen functional groups attached to an aromatic ring is 1. The molecule has 0 spiro atoms. The molecule has 2 N–H and O–H groups in total. The number of halogens is 2. The molecule has 10 heteroatoms. The van der Waals surface area contributed by atoms with Gasteiger partial charge in [0, 0.05) is 24.8 Å². The van der Waals surface area contributed by atoms with Crippen LogP contribution in [0.25, 0.3) is 28.2 Å². The topological polar surface area (TPSA) is 110 Å². The van der Waals surface area contributed by atoms with Crippen molar-refractivity contribution in [3.05, 3.63) is 65.9 Å². The fourth-order valence-corrected chi connectivity index (χ4v) is 4.02. The summed E-state index contributed by atoms with van der Waals surface area (Å²) in [6, 6.07) is 13.4. The van der Waals surface area contributed by atoms with Crippen molar-refractivity contribution in [3.63, 3.8) is 0 Å². The van der Waals surface area contributed by atoms with Crippen LogP contribution in [0.5, 0.6) is 0 Å². The number of rotatable bonds is 4. The predicted molar refractivity (Wildman–Crippen MR) is 118 cm³/mol. The molecule has 1 saturated heterocycles. The summed E-state index contributed by atoms with van der Waals surface area (Å²) in [7, 11) is 0. The van der Waals surface area contributed by atoms with Crippen LogP contribution in [0.2, 0.25) is 0 Å². The van der Waals surface area contributed by atoms with Gasteiger partial charge < -0.3 is 10.6 Å². The Labute approximate surface area is 187 Å². The molecule has 0 saturated carbocycles. The lowest BCUT2D eigenvalue weighted by Crippen LogP contribution is -2.18. The van der Waals surface area contributed by atoms with Gasteiger partial charge >= 0.3 is 0 Å². The van der Waals surface area contributed by atoms with Crippen LogP contribution >= 0.6 is 0 Å². The second-order valence-electron chi connectivity index (χ2n) is 7.68. The van der Waals surface area contributed by atoms with E-state index >= 15 is 0 Å². The van der Waals surface area contributed by atoms with E-state index < -0.39 is 11.6 Å². The van der Waals surface area contributed by atoms with E-state index in [1.54, 1.807) is 18.3 Å². The highest BCUT2D eigenvalue weighted by molar-refractivity contribution is 5.78. The summed E-state index contributed by atoms with van der Waals surface area (Å²) in [5.41, 5.74) is 9.21. The summed E-state index contributed by atoms with van der Waals surface area (Å²) in [4.78, 5) is 6.45. The second kappa shape index (κ2) is 8.27. The highest BCUT2D eigenvalue weighted by Crippen LogP contribution is 2.33. The number of anilines is 2. The lowest BCUT2D eigenvalue weighted by molar-refractivity contribution is 0.501. The minimum absolute atomic E-state index is 0.112. The molecule has 0 amide bonds. The van der Waals surface area contributed by atoms with Gasteiger partial charge in [0.05, 0.1) is 16.8 Å². The average Bonchev–Trinajstić information content (AvgIpc) is 3.53. The summed E-state index contributed by atoms with van der Waals surface area (Å²) < 4.78 is 29.2. The van der Waals surface area contributed by atoms with Crippen LogP contribution in [0.15, 0.2) is 48.7 Å². The number of tetrazole rings is 1. The van der Waals surface area contributed by atoms with Gasteiger partial charge in [-0.25, -0.2) is 13.8 Å². The van der Waals surface area contributed by atoms with E-state index in [2.05, 4.69) is 31.5 Å². The van der Waals surface area contributed by atoms with Crippen molar-refractivity contribution in [2.45, 2.75) is 12.8 Å². The monoisotopic (exact) mass is 444 g/mol. The minimum Gasteiger partial charge on any atom is -0.383 e. The van der Waals surface area contributed by atoms with Crippen molar-refractivity contribution < 1.29 is 8.78 Å². The third-order valence-corrected chi connectivity index (χ3v) is 5.69. The van der Waals surface area contributed by atoms with E-state index in [1.807, 2.05) is 12.1 Å². The van der Waals surface area contributed by atoms with Gasteiger partial charge in [0.25, 0.3) is 0 Å². The Morgan fingerprint density at radius 2 is 1.82 bits per heavy atom. The predicted octanol–water partition coefficient (Wildman–Crippen LogP) is 3.72. The molecule has 2 aromatic carbocycles. The molecule has 1 aliphatic heterocycles. The molecule has 1 fully saturated rings. The SMILES string of the molecule is N#Cc1cc(-c2cnc(N)c(-c3nnnn3-c3cccc(F)c3F)c2)ccc1N1CCCC1. The van der Waals surface area contributed by atoms with Crippen molar-refractivity contribution >= 4 is 11.5 Å². The third-order valence-electron chi connectivity index (χ3n) is 5.69. The number of nitriles is 1. The molecule has 5 rings (SSSR count). The van der Waals surface area contributed by atoms with Crippen LogP contribution in [0, 0.1) is 23.0 Å². The standard InChI is InChI=1S/C23H18F2N8/c24-18-4-3-5-20(21(18)25)33-23(29-30-31-33)17-11-16(13-28-22(17)27)14-6-7-19(15(10-14)12-26)32-8-1-2-9-32/h3-7,10-11,13H,1-2,8-9H2,(H2,27,28). The molecule has 0 atom stereocenters. The van der Waals surface area contributed by atoms with Gasteiger partial charge in [-0.1, -0.05) is 12.1 Å². The number of nitrogens with two attached hydrogens (primary N) is 1. The van der Waals surface area contributed by atoms with Crippen molar-refractivity contribution in [2.75, 3.05) is 23.7 Å². The van der Waals surface area contributed by atoms with Crippen molar-refractivity contribution in [2.24, 2.45) is 0 Å². The number of hydrogen-bond acceptors (Lipinski definition) is 7. The Kier molecular flexibility index (Phi) is 5.14. The first kappa shape index (κ1) is 20.5. The first-order valence-electron chi connectivity index (χ1n) is 10.3. The number of nitrogens with zero attached hydrogens (tertiary/aromatic N) is 7. The zero-order valence-electron chi connectivity index (χ0n) is 17.4. The summed E-state index contributed by atoms with van der Waals surface area (Å²) >= 11 is 0. The van der Waals surface area contributed by atoms with Crippen LogP contribution in [-0.4, -0.2) is 38.3 Å². The van der Waals surface area contributed by atoms with Crippen LogP contribution in [-0.2, 0) is 0 Å². The lowest BCUT2D eigenvalue weighted by Gasteiger charge is -2.19. The summed E-state index contributed by atoms with van der Waals surface area (Å²) in [5.74, 6) is -1.86. The van der Waals surface area contributed by atoms with Crippen LogP contribution < -0.4 is 10.6 Å². The maximum Gasteiger partial charge on any atom is 0.190 e. The molecular formula is C23H18F2N8. The van der Waals surface area contributed by atoms with E-state index in [1.165, 1.54) is 12.1 Å². The zero-order valence-corrected chi connectivity index (χ0v) is 17.4. The van der Waals surface area contributed by atoms with Crippen molar-refractivity contribution in [1.29, 1.82) is 5.26 Å². The Morgan fingerprint density at radius 1 is 1.00 bits per heavy atom. The maximum absolute atomic E-state index is 14.4. The molecule has 0 unspecified atom stereocenters. The Bertz CT molecular complexity index is 1390. The van der Waals surface area contributed by atoms with E-state index in [0.29, 0.717) is 16.7 Å². The number of hydrogen-bond donors (Lipinski definition) is 1. The summed E-state index contributed by atoms with van der Waals surface area (Å²) in [6.07, 6.45) is 3.80. The molecule has 1 aliphatic rings. The summed E-state index contributed by atoms with van der Waals surface area (Å²) in [5, 5.41) is 21.1. The fraction of sp³-hybridized carbons (Fsp3) is 0.174. The van der Waals surface area contributed by atoms with Crippen molar-refractivity contribution in [3.8, 4) is 34.3 Å². The van der Waals surface area contributed by atoms with E-state index in [-0.39, 0.29) is 17.3 Å². The largest absolute Gasteiger partial charge is 0.383 e. The molecule has 2 aromatic heterocycles. The fourth-order valence-electron chi connectivity index (χ4n) is 4.02. The Morgan fingerprint density at radius 3 is 2.61 bits per heavy atom. The first-order chi connectivity index (χ1) is 16.1. The molecule has 164 valence electrons. The molecule has 0 bridgehead atoms. The van der Waals surface area contributed by atoms with Gasteiger partial charge in [-0.3, -0.25) is 0 Å². The highest BCUT2D eigenvalue weighted by Gasteiger charge is 2.20. The van der Waals surface area contributed by atoms with E-state index in [0.717, 1.165) is 47.9 Å². The molecule has 3 heterocycles. The van der Waals surface area contributed by atoms with Gasteiger partial charge in [-0.05, 0) is 59.2 Å². The second-order valence-corrected chi connectivity index (χ2v) is 7.68. The van der Waals surface area contributed by atoms with Crippen molar-refractivity contribution in [1.82, 2.24) is 25.2 Å².